The van der Waals surface area contributed by atoms with Gasteiger partial charge >= 0.3 is 0 Å². The highest BCUT2D eigenvalue weighted by Gasteiger charge is 2.37. The minimum absolute atomic E-state index is 0.161. The van der Waals surface area contributed by atoms with Crippen LogP contribution in [0.5, 0.6) is 0 Å². The van der Waals surface area contributed by atoms with Gasteiger partial charge < -0.3 is 9.88 Å². The molecule has 0 radical (unpaired) electrons. The first-order chi connectivity index (χ1) is 17.8. The van der Waals surface area contributed by atoms with Crippen LogP contribution in [0.25, 0.3) is 11.0 Å². The smallest absolute Gasteiger partial charge is 0.255 e. The fourth-order valence-electron chi connectivity index (χ4n) is 6.25. The van der Waals surface area contributed by atoms with Crippen LogP contribution in [0.15, 0.2) is 28.5 Å². The fourth-order valence-corrected chi connectivity index (χ4v) is 7.01. The molecular weight excluding hydrogens is 491 g/mol. The van der Waals surface area contributed by atoms with Gasteiger partial charge in [0.05, 0.1) is 16.9 Å². The zero-order valence-corrected chi connectivity index (χ0v) is 22.7. The molecule has 10 heteroatoms. The van der Waals surface area contributed by atoms with Crippen molar-refractivity contribution in [1.29, 1.82) is 0 Å². The van der Waals surface area contributed by atoms with Crippen molar-refractivity contribution in [3.8, 4) is 0 Å². The van der Waals surface area contributed by atoms with Gasteiger partial charge in [-0.3, -0.25) is 14.5 Å². The predicted octanol–water partition coefficient (Wildman–Crippen LogP) is 4.11. The molecule has 1 aliphatic carbocycles. The lowest BCUT2D eigenvalue weighted by molar-refractivity contribution is -0.120. The number of likely N-dealkylation sites (tertiary alicyclic amines) is 1. The van der Waals surface area contributed by atoms with E-state index in [0.717, 1.165) is 47.3 Å². The normalized spacial score (nSPS) is 26.0. The highest BCUT2D eigenvalue weighted by molar-refractivity contribution is 8.02. The third-order valence-corrected chi connectivity index (χ3v) is 9.21. The number of fused-ring (bicyclic) bond motifs is 1. The van der Waals surface area contributed by atoms with Crippen LogP contribution in [-0.4, -0.2) is 75.1 Å². The summed E-state index contributed by atoms with van der Waals surface area (Å²) in [5, 5.41) is 3.71. The number of aromatic nitrogens is 3. The Bertz CT molecular complexity index is 1260. The Morgan fingerprint density at radius 2 is 1.97 bits per heavy atom. The van der Waals surface area contributed by atoms with Crippen LogP contribution in [-0.2, 0) is 4.79 Å². The number of carbonyl (C=O) groups excluding carboxylic acids is 2. The lowest BCUT2D eigenvalue weighted by Gasteiger charge is -2.44. The van der Waals surface area contributed by atoms with Crippen molar-refractivity contribution in [1.82, 2.24) is 24.8 Å². The van der Waals surface area contributed by atoms with Crippen LogP contribution in [0, 0.1) is 18.8 Å². The van der Waals surface area contributed by atoms with Crippen molar-refractivity contribution in [2.75, 3.05) is 25.9 Å². The molecule has 3 aliphatic rings. The lowest BCUT2D eigenvalue weighted by atomic mass is 9.80. The molecule has 2 amide bonds. The Labute approximate surface area is 221 Å². The molecule has 0 spiro atoms. The molecule has 2 aliphatic heterocycles. The van der Waals surface area contributed by atoms with Crippen LogP contribution in [0.1, 0.15) is 61.6 Å². The monoisotopic (exact) mass is 526 g/mol. The number of alkyl halides is 1. The minimum atomic E-state index is -0.661. The first-order valence-electron chi connectivity index (χ1n) is 13.1. The van der Waals surface area contributed by atoms with Crippen molar-refractivity contribution in [2.45, 2.75) is 64.7 Å². The van der Waals surface area contributed by atoms with Crippen molar-refractivity contribution in [3.05, 3.63) is 34.8 Å². The highest BCUT2D eigenvalue weighted by atomic mass is 32.2. The number of hydrogen-bond donors (Lipinski definition) is 1. The van der Waals surface area contributed by atoms with E-state index in [9.17, 15) is 14.0 Å². The first kappa shape index (κ1) is 26.0. The number of halogens is 1. The van der Waals surface area contributed by atoms with E-state index in [2.05, 4.69) is 36.7 Å². The summed E-state index contributed by atoms with van der Waals surface area (Å²) < 4.78 is 15.5. The van der Waals surface area contributed by atoms with Gasteiger partial charge in [0, 0.05) is 54.2 Å². The molecular formula is C27H35FN6O2S. The van der Waals surface area contributed by atoms with Gasteiger partial charge in [0.1, 0.15) is 18.1 Å². The first-order valence-corrected chi connectivity index (χ1v) is 14.3. The number of rotatable bonds is 7. The number of nitrogens with one attached hydrogen (secondary N) is 1. The zero-order valence-electron chi connectivity index (χ0n) is 21.9. The highest BCUT2D eigenvalue weighted by Crippen LogP contribution is 2.39. The molecule has 1 unspecified atom stereocenters. The summed E-state index contributed by atoms with van der Waals surface area (Å²) in [6.45, 7) is 7.32. The molecule has 2 atom stereocenters. The second-order valence-electron chi connectivity index (χ2n) is 10.6. The van der Waals surface area contributed by atoms with Crippen LogP contribution in [0.2, 0.25) is 0 Å². The van der Waals surface area contributed by atoms with Crippen molar-refractivity contribution < 1.29 is 14.0 Å². The molecule has 2 fully saturated rings. The van der Waals surface area contributed by atoms with E-state index in [1.165, 1.54) is 18.1 Å². The van der Waals surface area contributed by atoms with E-state index < -0.39 is 12.1 Å². The molecule has 1 saturated heterocycles. The largest absolute Gasteiger partial charge is 0.351 e. The van der Waals surface area contributed by atoms with E-state index >= 15 is 0 Å². The Kier molecular flexibility index (Phi) is 7.49. The molecule has 2 aromatic rings. The Morgan fingerprint density at radius 1 is 1.24 bits per heavy atom. The Balaban J connectivity index is 1.34. The van der Waals surface area contributed by atoms with E-state index in [0.29, 0.717) is 36.3 Å². The van der Waals surface area contributed by atoms with E-state index in [1.807, 2.05) is 19.3 Å². The fraction of sp³-hybridized carbons (Fsp3) is 0.593. The van der Waals surface area contributed by atoms with Crippen LogP contribution < -0.4 is 5.32 Å². The van der Waals surface area contributed by atoms with Gasteiger partial charge in [-0.2, -0.15) is 0 Å². The number of carbonyl (C=O) groups is 2. The number of nitrogens with zero attached hydrogens (tertiary/aromatic N) is 5. The predicted molar refractivity (Wildman–Crippen MR) is 145 cm³/mol. The second-order valence-corrected chi connectivity index (χ2v) is 11.4. The van der Waals surface area contributed by atoms with Gasteiger partial charge in [-0.25, -0.2) is 19.4 Å². The van der Waals surface area contributed by atoms with Gasteiger partial charge in [0.2, 0.25) is 0 Å². The molecule has 8 nitrogen and oxygen atoms in total. The minimum Gasteiger partial charge on any atom is -0.351 e. The molecule has 5 rings (SSSR count). The summed E-state index contributed by atoms with van der Waals surface area (Å²) in [6, 6.07) is 0.644. The summed E-state index contributed by atoms with van der Waals surface area (Å²) >= 11 is 1.51. The van der Waals surface area contributed by atoms with Gasteiger partial charge in [-0.1, -0.05) is 0 Å². The second kappa shape index (κ2) is 10.6. The molecule has 0 bridgehead atoms. The van der Waals surface area contributed by atoms with Gasteiger partial charge in [-0.15, -0.1) is 11.8 Å². The molecule has 0 aromatic carbocycles. The lowest BCUT2D eigenvalue weighted by Crippen LogP contribution is -2.54. The quantitative estimate of drug-likeness (QED) is 0.584. The average Bonchev–Trinajstić information content (AvgIpc) is 3.17. The summed E-state index contributed by atoms with van der Waals surface area (Å²) in [5.74, 6) is -0.475. The topological polar surface area (TPSA) is 92.5 Å². The van der Waals surface area contributed by atoms with Gasteiger partial charge in [0.15, 0.2) is 0 Å². The summed E-state index contributed by atoms with van der Waals surface area (Å²) in [7, 11) is 0. The number of allylic oxidation sites excluding steroid dienone is 1. The number of amides is 2. The summed E-state index contributed by atoms with van der Waals surface area (Å²) in [6.07, 6.45) is 10.7. The Morgan fingerprint density at radius 3 is 2.65 bits per heavy atom. The Hall–Kier alpha value is -2.59. The maximum Gasteiger partial charge on any atom is 0.255 e. The summed E-state index contributed by atoms with van der Waals surface area (Å²) in [5.41, 5.74) is 2.86. The van der Waals surface area contributed by atoms with E-state index in [4.69, 9.17) is 0 Å². The van der Waals surface area contributed by atoms with Gasteiger partial charge in [0.25, 0.3) is 11.8 Å². The number of hydrogen-bond acceptors (Lipinski definition) is 6. The van der Waals surface area contributed by atoms with Crippen molar-refractivity contribution in [2.24, 2.45) is 16.8 Å². The van der Waals surface area contributed by atoms with E-state index in [1.54, 1.807) is 13.1 Å². The third kappa shape index (κ3) is 4.97. The molecule has 4 heterocycles. The number of thioether (sulfide) groups is 1. The van der Waals surface area contributed by atoms with Crippen molar-refractivity contribution in [3.63, 3.8) is 0 Å². The number of aliphatic imine (C=N–C) groups is 1. The van der Waals surface area contributed by atoms with Crippen molar-refractivity contribution >= 4 is 40.3 Å². The SMILES string of the molecule is CSC1=CC(C)=NC(=O)C1CNC(=O)c1c(C)n([C@H](C)C2CCC(N3CC(F)C3)CC2)c2ncncc12. The molecule has 198 valence electrons. The molecule has 1 saturated carbocycles. The maximum atomic E-state index is 13.5. The standard InChI is InChI=1S/C27H35FN6O2S/c1-15-9-23(37-4)21(26(35)32-15)11-30-27(36)24-17(3)34(25-22(24)10-29-14-31-25)16(2)18-5-7-20(8-6-18)33-12-19(28)13-33/h9-10,14,16,18-21H,5-8,11-13H2,1-4H3,(H,30,36)/t16-,18?,20?,21?/m1/s1. The molecule has 37 heavy (non-hydrogen) atoms. The van der Waals surface area contributed by atoms with Crippen LogP contribution in [0.3, 0.4) is 0 Å². The van der Waals surface area contributed by atoms with Gasteiger partial charge in [-0.05, 0) is 64.7 Å². The molecule has 1 N–H and O–H groups in total. The number of dihydropyridines is 1. The summed E-state index contributed by atoms with van der Waals surface area (Å²) in [4.78, 5) is 42.1. The van der Waals surface area contributed by atoms with E-state index in [-0.39, 0.29) is 24.4 Å². The third-order valence-electron chi connectivity index (χ3n) is 8.33. The zero-order chi connectivity index (χ0) is 26.3. The van der Waals surface area contributed by atoms with Crippen LogP contribution >= 0.6 is 11.8 Å². The maximum absolute atomic E-state index is 13.5. The molecule has 2 aromatic heterocycles. The van der Waals surface area contributed by atoms with Crippen LogP contribution in [0.4, 0.5) is 4.39 Å². The average molecular weight is 527 g/mol.